The predicted molar refractivity (Wildman–Crippen MR) is 119 cm³/mol. The molecule has 0 aromatic heterocycles. The molecule has 0 saturated carbocycles. The standard InChI is InChI=1S/C25H23F6NO3/c1-24(28,29)22(33)16-32(15-17-7-5-12-21(13-17)35-25(30,31)23(26)27)18-8-6-11-20(14-18)34-19-9-3-2-4-10-19/h2-14,22-23,33H,15-16H2,1H3/t22-/m1/s1. The first-order valence-electron chi connectivity index (χ1n) is 10.5. The smallest absolute Gasteiger partial charge is 0.457 e. The Labute approximate surface area is 198 Å². The number of alkyl halides is 6. The lowest BCUT2D eigenvalue weighted by Gasteiger charge is -2.30. The molecule has 0 unspecified atom stereocenters. The molecular formula is C25H23F6NO3. The lowest BCUT2D eigenvalue weighted by Crippen LogP contribution is -2.41. The molecule has 0 heterocycles. The van der Waals surface area contributed by atoms with E-state index in [4.69, 9.17) is 4.74 Å². The van der Waals surface area contributed by atoms with Gasteiger partial charge in [0.2, 0.25) is 0 Å². The molecule has 0 radical (unpaired) electrons. The van der Waals surface area contributed by atoms with Gasteiger partial charge in [-0.05, 0) is 42.0 Å². The third kappa shape index (κ3) is 7.54. The molecular weight excluding hydrogens is 476 g/mol. The van der Waals surface area contributed by atoms with Gasteiger partial charge < -0.3 is 19.5 Å². The molecule has 3 rings (SSSR count). The van der Waals surface area contributed by atoms with E-state index in [-0.39, 0.29) is 6.54 Å². The molecule has 0 fully saturated rings. The largest absolute Gasteiger partial charge is 0.461 e. The van der Waals surface area contributed by atoms with Gasteiger partial charge in [0, 0.05) is 25.2 Å². The van der Waals surface area contributed by atoms with Crippen LogP contribution >= 0.6 is 0 Å². The zero-order chi connectivity index (χ0) is 25.6. The Balaban J connectivity index is 1.87. The highest BCUT2D eigenvalue weighted by molar-refractivity contribution is 5.52. The number of hydrogen-bond acceptors (Lipinski definition) is 4. The highest BCUT2D eigenvalue weighted by Gasteiger charge is 2.44. The van der Waals surface area contributed by atoms with Crippen molar-refractivity contribution in [1.82, 2.24) is 0 Å². The molecule has 0 spiro atoms. The Hall–Kier alpha value is -3.40. The average Bonchev–Trinajstić information content (AvgIpc) is 2.79. The second-order valence-corrected chi connectivity index (χ2v) is 7.88. The molecule has 1 N–H and O–H groups in total. The van der Waals surface area contributed by atoms with Crippen LogP contribution < -0.4 is 14.4 Å². The summed E-state index contributed by atoms with van der Waals surface area (Å²) in [7, 11) is 0. The Kier molecular flexibility index (Phi) is 8.16. The van der Waals surface area contributed by atoms with Crippen molar-refractivity contribution in [2.24, 2.45) is 0 Å². The number of ether oxygens (including phenoxy) is 2. The van der Waals surface area contributed by atoms with Gasteiger partial charge in [0.1, 0.15) is 23.4 Å². The summed E-state index contributed by atoms with van der Waals surface area (Å²) >= 11 is 0. The van der Waals surface area contributed by atoms with E-state index in [1.165, 1.54) is 17.0 Å². The molecule has 0 aliphatic rings. The molecule has 4 nitrogen and oxygen atoms in total. The number of hydrogen-bond donors (Lipinski definition) is 1. The number of aliphatic hydroxyl groups excluding tert-OH is 1. The molecule has 3 aromatic carbocycles. The van der Waals surface area contributed by atoms with Gasteiger partial charge in [0.15, 0.2) is 0 Å². The summed E-state index contributed by atoms with van der Waals surface area (Å²) in [6.07, 6.45) is -10.8. The average molecular weight is 499 g/mol. The molecule has 188 valence electrons. The molecule has 1 atom stereocenters. The van der Waals surface area contributed by atoms with Crippen LogP contribution in [0.3, 0.4) is 0 Å². The van der Waals surface area contributed by atoms with Crippen LogP contribution in [0.1, 0.15) is 12.5 Å². The second kappa shape index (κ2) is 10.9. The minimum absolute atomic E-state index is 0.126. The number of nitrogens with zero attached hydrogens (tertiary/aromatic N) is 1. The van der Waals surface area contributed by atoms with Crippen LogP contribution in [-0.4, -0.2) is 36.2 Å². The van der Waals surface area contributed by atoms with Gasteiger partial charge in [-0.25, -0.2) is 8.78 Å². The Morgan fingerprint density at radius 1 is 0.829 bits per heavy atom. The first kappa shape index (κ1) is 26.2. The highest BCUT2D eigenvalue weighted by Crippen LogP contribution is 2.31. The van der Waals surface area contributed by atoms with Gasteiger partial charge in [-0.2, -0.15) is 17.6 Å². The maximum absolute atomic E-state index is 13.7. The lowest BCUT2D eigenvalue weighted by atomic mass is 10.1. The minimum atomic E-state index is -4.69. The number of aliphatic hydroxyl groups is 1. The van der Waals surface area contributed by atoms with E-state index >= 15 is 0 Å². The molecule has 0 amide bonds. The maximum Gasteiger partial charge on any atom is 0.461 e. The van der Waals surface area contributed by atoms with E-state index in [1.807, 2.05) is 6.07 Å². The number of benzene rings is 3. The summed E-state index contributed by atoms with van der Waals surface area (Å²) in [6, 6.07) is 20.2. The zero-order valence-electron chi connectivity index (χ0n) is 18.6. The molecule has 0 saturated heterocycles. The first-order valence-corrected chi connectivity index (χ1v) is 10.5. The van der Waals surface area contributed by atoms with Gasteiger partial charge in [0.05, 0.1) is 6.54 Å². The molecule has 0 bridgehead atoms. The fourth-order valence-electron chi connectivity index (χ4n) is 3.13. The SMILES string of the molecule is CC(F)(F)[C@H](O)CN(Cc1cccc(OC(F)(F)C(F)F)c1)c1cccc(Oc2ccccc2)c1. The summed E-state index contributed by atoms with van der Waals surface area (Å²) in [5.74, 6) is -3.00. The van der Waals surface area contributed by atoms with E-state index in [0.717, 1.165) is 12.1 Å². The van der Waals surface area contributed by atoms with Crippen molar-refractivity contribution < 1.29 is 40.9 Å². The number of para-hydroxylation sites is 1. The Morgan fingerprint density at radius 3 is 2.11 bits per heavy atom. The Bertz CT molecular complexity index is 1090. The molecule has 3 aromatic rings. The summed E-state index contributed by atoms with van der Waals surface area (Å²) < 4.78 is 89.0. The quantitative estimate of drug-likeness (QED) is 0.297. The highest BCUT2D eigenvalue weighted by atomic mass is 19.3. The van der Waals surface area contributed by atoms with Crippen molar-refractivity contribution >= 4 is 5.69 Å². The predicted octanol–water partition coefficient (Wildman–Crippen LogP) is 6.74. The second-order valence-electron chi connectivity index (χ2n) is 7.88. The van der Waals surface area contributed by atoms with Gasteiger partial charge in [0.25, 0.3) is 5.92 Å². The molecule has 0 aliphatic heterocycles. The van der Waals surface area contributed by atoms with Crippen molar-refractivity contribution in [3.8, 4) is 17.2 Å². The fraction of sp³-hybridized carbons (Fsp3) is 0.280. The van der Waals surface area contributed by atoms with Gasteiger partial charge in [-0.1, -0.05) is 36.4 Å². The van der Waals surface area contributed by atoms with Crippen molar-refractivity contribution in [3.63, 3.8) is 0 Å². The van der Waals surface area contributed by atoms with Crippen LogP contribution in [-0.2, 0) is 6.54 Å². The monoisotopic (exact) mass is 499 g/mol. The summed E-state index contributed by atoms with van der Waals surface area (Å²) in [6.45, 7) is -0.0678. The summed E-state index contributed by atoms with van der Waals surface area (Å²) in [5.41, 5.74) is 0.694. The molecule has 10 heteroatoms. The number of rotatable bonds is 11. The van der Waals surface area contributed by atoms with Crippen LogP contribution in [0.25, 0.3) is 0 Å². The van der Waals surface area contributed by atoms with E-state index in [1.54, 1.807) is 48.5 Å². The zero-order valence-corrected chi connectivity index (χ0v) is 18.6. The van der Waals surface area contributed by atoms with Gasteiger partial charge in [-0.15, -0.1) is 0 Å². The van der Waals surface area contributed by atoms with E-state index in [9.17, 15) is 31.4 Å². The Morgan fingerprint density at radius 2 is 1.46 bits per heavy atom. The van der Waals surface area contributed by atoms with Crippen LogP contribution in [0.15, 0.2) is 78.9 Å². The maximum atomic E-state index is 13.7. The molecule has 35 heavy (non-hydrogen) atoms. The lowest BCUT2D eigenvalue weighted by molar-refractivity contribution is -0.253. The van der Waals surface area contributed by atoms with Crippen molar-refractivity contribution in [3.05, 3.63) is 84.4 Å². The summed E-state index contributed by atoms with van der Waals surface area (Å²) in [5, 5.41) is 10.0. The fourth-order valence-corrected chi connectivity index (χ4v) is 3.13. The van der Waals surface area contributed by atoms with E-state index in [2.05, 4.69) is 4.74 Å². The van der Waals surface area contributed by atoms with Crippen LogP contribution in [0.2, 0.25) is 0 Å². The topological polar surface area (TPSA) is 41.9 Å². The van der Waals surface area contributed by atoms with Gasteiger partial charge >= 0.3 is 12.5 Å². The first-order chi connectivity index (χ1) is 16.4. The third-order valence-corrected chi connectivity index (χ3v) is 4.92. The van der Waals surface area contributed by atoms with E-state index in [0.29, 0.717) is 29.7 Å². The van der Waals surface area contributed by atoms with Gasteiger partial charge in [-0.3, -0.25) is 0 Å². The van der Waals surface area contributed by atoms with Crippen molar-refractivity contribution in [1.29, 1.82) is 0 Å². The van der Waals surface area contributed by atoms with Crippen LogP contribution in [0, 0.1) is 0 Å². The van der Waals surface area contributed by atoms with Crippen LogP contribution in [0.5, 0.6) is 17.2 Å². The number of halogens is 6. The minimum Gasteiger partial charge on any atom is -0.457 e. The molecule has 0 aliphatic carbocycles. The summed E-state index contributed by atoms with van der Waals surface area (Å²) in [4.78, 5) is 1.39. The van der Waals surface area contributed by atoms with Crippen molar-refractivity contribution in [2.75, 3.05) is 11.4 Å². The van der Waals surface area contributed by atoms with Crippen LogP contribution in [0.4, 0.5) is 32.0 Å². The third-order valence-electron chi connectivity index (χ3n) is 4.92. The number of anilines is 1. The van der Waals surface area contributed by atoms with E-state index < -0.39 is 36.9 Å². The van der Waals surface area contributed by atoms with Crippen molar-refractivity contribution in [2.45, 2.75) is 38.0 Å². The normalized spacial score (nSPS) is 12.9.